The smallest absolute Gasteiger partial charge is 0.338 e. The minimum atomic E-state index is -4.18. The molecular weight excluding hydrogens is 314 g/mol. The van der Waals surface area contributed by atoms with Crippen LogP contribution in [0.1, 0.15) is 12.8 Å². The van der Waals surface area contributed by atoms with Gasteiger partial charge in [0.2, 0.25) is 0 Å². The van der Waals surface area contributed by atoms with Crippen LogP contribution in [0, 0.1) is 11.7 Å². The normalized spacial score (nSPS) is 17.0. The van der Waals surface area contributed by atoms with E-state index >= 15 is 0 Å². The summed E-state index contributed by atoms with van der Waals surface area (Å²) in [6, 6.07) is 5.30. The van der Waals surface area contributed by atoms with E-state index in [1.54, 1.807) is 6.07 Å². The van der Waals surface area contributed by atoms with Crippen molar-refractivity contribution in [2.45, 2.75) is 19.0 Å². The number of para-hydroxylation sites is 1. The fourth-order valence-electron chi connectivity index (χ4n) is 2.57. The van der Waals surface area contributed by atoms with Crippen LogP contribution >= 0.6 is 0 Å². The molecule has 0 radical (unpaired) electrons. The predicted octanol–water partition coefficient (Wildman–Crippen LogP) is 3.22. The first-order valence-corrected chi connectivity index (χ1v) is 7.42. The second-order valence-electron chi connectivity index (χ2n) is 5.65. The van der Waals surface area contributed by atoms with Crippen LogP contribution in [0.3, 0.4) is 0 Å². The van der Waals surface area contributed by atoms with E-state index in [1.165, 1.54) is 23.1 Å². The van der Waals surface area contributed by atoms with Crippen LogP contribution in [-0.4, -0.2) is 43.3 Å². The second-order valence-corrected chi connectivity index (χ2v) is 5.65. The average molecular weight is 333 g/mol. The number of alkyl halides is 3. The average Bonchev–Trinajstić information content (AvgIpc) is 2.47. The van der Waals surface area contributed by atoms with E-state index in [0.29, 0.717) is 32.5 Å². The monoisotopic (exact) mass is 333 g/mol. The molecule has 2 amide bonds. The molecule has 0 atom stereocenters. The molecule has 1 aliphatic rings. The van der Waals surface area contributed by atoms with Gasteiger partial charge < -0.3 is 10.6 Å². The number of nitrogens with zero attached hydrogens (tertiary/aromatic N) is 1. The molecule has 1 aromatic rings. The Labute approximate surface area is 131 Å². The van der Waals surface area contributed by atoms with Crippen molar-refractivity contribution in [1.29, 1.82) is 0 Å². The molecule has 128 valence electrons. The molecule has 1 aliphatic heterocycles. The van der Waals surface area contributed by atoms with E-state index in [9.17, 15) is 22.4 Å². The van der Waals surface area contributed by atoms with Gasteiger partial charge in [0, 0.05) is 6.54 Å². The molecule has 1 heterocycles. The number of amides is 2. The second kappa shape index (κ2) is 7.63. The number of likely N-dealkylation sites (tertiary alicyclic amines) is 1. The zero-order valence-electron chi connectivity index (χ0n) is 12.5. The number of carbonyl (C=O) groups is 1. The third-order valence-corrected chi connectivity index (χ3v) is 3.78. The Morgan fingerprint density at radius 1 is 1.22 bits per heavy atom. The van der Waals surface area contributed by atoms with Crippen molar-refractivity contribution in [3.8, 4) is 0 Å². The highest BCUT2D eigenvalue weighted by molar-refractivity contribution is 5.89. The first kappa shape index (κ1) is 17.5. The number of hydrogen-bond acceptors (Lipinski definition) is 2. The Bertz CT molecular complexity index is 528. The lowest BCUT2D eigenvalue weighted by Gasteiger charge is -2.32. The van der Waals surface area contributed by atoms with Gasteiger partial charge in [-0.25, -0.2) is 9.18 Å². The maximum atomic E-state index is 13.4. The maximum absolute atomic E-state index is 13.4. The fraction of sp³-hybridized carbons (Fsp3) is 0.533. The maximum Gasteiger partial charge on any atom is 0.401 e. The summed E-state index contributed by atoms with van der Waals surface area (Å²) in [5.74, 6) is -0.394. The number of urea groups is 1. The van der Waals surface area contributed by atoms with Gasteiger partial charge in [0.1, 0.15) is 5.82 Å². The molecule has 0 unspecified atom stereocenters. The number of hydrogen-bond donors (Lipinski definition) is 2. The highest BCUT2D eigenvalue weighted by Crippen LogP contribution is 2.22. The van der Waals surface area contributed by atoms with Crippen LogP contribution in [-0.2, 0) is 0 Å². The number of halogens is 4. The largest absolute Gasteiger partial charge is 0.401 e. The molecule has 1 aromatic carbocycles. The van der Waals surface area contributed by atoms with Crippen LogP contribution in [0.2, 0.25) is 0 Å². The quantitative estimate of drug-likeness (QED) is 0.831. The Hall–Kier alpha value is -1.83. The third-order valence-electron chi connectivity index (χ3n) is 3.78. The molecule has 0 aliphatic carbocycles. The fourth-order valence-corrected chi connectivity index (χ4v) is 2.57. The van der Waals surface area contributed by atoms with Gasteiger partial charge in [0.25, 0.3) is 0 Å². The molecule has 4 nitrogen and oxygen atoms in total. The summed E-state index contributed by atoms with van der Waals surface area (Å²) < 4.78 is 50.3. The van der Waals surface area contributed by atoms with Gasteiger partial charge in [-0.3, -0.25) is 4.90 Å². The van der Waals surface area contributed by atoms with Gasteiger partial charge in [0.15, 0.2) is 0 Å². The van der Waals surface area contributed by atoms with Gasteiger partial charge >= 0.3 is 12.2 Å². The Morgan fingerprint density at radius 3 is 2.48 bits per heavy atom. The Morgan fingerprint density at radius 2 is 1.87 bits per heavy atom. The molecule has 0 spiro atoms. The lowest BCUT2D eigenvalue weighted by molar-refractivity contribution is -0.148. The minimum absolute atomic E-state index is 0.0880. The topological polar surface area (TPSA) is 44.4 Å². The van der Waals surface area contributed by atoms with E-state index in [2.05, 4.69) is 10.6 Å². The highest BCUT2D eigenvalue weighted by atomic mass is 19.4. The van der Waals surface area contributed by atoms with Crippen molar-refractivity contribution in [2.24, 2.45) is 5.92 Å². The molecule has 23 heavy (non-hydrogen) atoms. The first-order valence-electron chi connectivity index (χ1n) is 7.42. The third kappa shape index (κ3) is 6.05. The number of anilines is 1. The van der Waals surface area contributed by atoms with E-state index in [-0.39, 0.29) is 11.6 Å². The lowest BCUT2D eigenvalue weighted by atomic mass is 9.97. The van der Waals surface area contributed by atoms with E-state index in [1.807, 2.05) is 0 Å². The van der Waals surface area contributed by atoms with Gasteiger partial charge in [-0.2, -0.15) is 13.2 Å². The Kier molecular flexibility index (Phi) is 5.81. The summed E-state index contributed by atoms with van der Waals surface area (Å²) in [6.45, 7) is 0.197. The summed E-state index contributed by atoms with van der Waals surface area (Å²) >= 11 is 0. The lowest BCUT2D eigenvalue weighted by Crippen LogP contribution is -2.43. The molecule has 8 heteroatoms. The van der Waals surface area contributed by atoms with Crippen LogP contribution in [0.25, 0.3) is 0 Å². The van der Waals surface area contributed by atoms with Crippen LogP contribution < -0.4 is 10.6 Å². The van der Waals surface area contributed by atoms with E-state index in [0.717, 1.165) is 0 Å². The molecule has 1 fully saturated rings. The summed E-state index contributed by atoms with van der Waals surface area (Å²) in [6.07, 6.45) is -2.99. The SMILES string of the molecule is O=C(NCC1CCN(CC(F)(F)F)CC1)Nc1ccccc1F. The zero-order valence-corrected chi connectivity index (χ0v) is 12.5. The molecular formula is C15H19F4N3O. The van der Waals surface area contributed by atoms with Crippen LogP contribution in [0.5, 0.6) is 0 Å². The molecule has 2 rings (SSSR count). The van der Waals surface area contributed by atoms with Gasteiger partial charge in [0.05, 0.1) is 12.2 Å². The molecule has 1 saturated heterocycles. The number of nitrogens with one attached hydrogen (secondary N) is 2. The summed E-state index contributed by atoms with van der Waals surface area (Å²) in [4.78, 5) is 13.1. The number of rotatable bonds is 4. The first-order chi connectivity index (χ1) is 10.8. The van der Waals surface area contributed by atoms with Crippen molar-refractivity contribution < 1.29 is 22.4 Å². The Balaban J connectivity index is 1.69. The zero-order chi connectivity index (χ0) is 16.9. The van der Waals surface area contributed by atoms with Gasteiger partial charge in [-0.05, 0) is 44.0 Å². The summed E-state index contributed by atoms with van der Waals surface area (Å²) in [5.41, 5.74) is 0.0880. The molecule has 2 N–H and O–H groups in total. The standard InChI is InChI=1S/C15H19F4N3O/c16-12-3-1-2-4-13(12)21-14(23)20-9-11-5-7-22(8-6-11)10-15(17,18)19/h1-4,11H,5-10H2,(H2,20,21,23). The number of carbonyl (C=O) groups excluding carboxylic acids is 1. The van der Waals surface area contributed by atoms with Crippen molar-refractivity contribution in [3.63, 3.8) is 0 Å². The van der Waals surface area contributed by atoms with Gasteiger partial charge in [-0.15, -0.1) is 0 Å². The minimum Gasteiger partial charge on any atom is -0.338 e. The van der Waals surface area contributed by atoms with Crippen molar-refractivity contribution in [3.05, 3.63) is 30.1 Å². The van der Waals surface area contributed by atoms with E-state index < -0.39 is 24.6 Å². The highest BCUT2D eigenvalue weighted by Gasteiger charge is 2.32. The molecule has 0 bridgehead atoms. The molecule has 0 aromatic heterocycles. The molecule has 0 saturated carbocycles. The van der Waals surface area contributed by atoms with Crippen molar-refractivity contribution in [2.75, 3.05) is 31.5 Å². The summed E-state index contributed by atoms with van der Waals surface area (Å²) in [5, 5.41) is 5.04. The van der Waals surface area contributed by atoms with E-state index in [4.69, 9.17) is 0 Å². The van der Waals surface area contributed by atoms with Gasteiger partial charge in [-0.1, -0.05) is 12.1 Å². The number of piperidine rings is 1. The van der Waals surface area contributed by atoms with Crippen molar-refractivity contribution >= 4 is 11.7 Å². The number of benzene rings is 1. The predicted molar refractivity (Wildman–Crippen MR) is 78.6 cm³/mol. The van der Waals surface area contributed by atoms with Crippen molar-refractivity contribution in [1.82, 2.24) is 10.2 Å². The van der Waals surface area contributed by atoms with Crippen LogP contribution in [0.15, 0.2) is 24.3 Å². The van der Waals surface area contributed by atoms with Crippen LogP contribution in [0.4, 0.5) is 28.0 Å². The summed E-state index contributed by atoms with van der Waals surface area (Å²) in [7, 11) is 0.